The predicted molar refractivity (Wildman–Crippen MR) is 121 cm³/mol. The second-order valence-corrected chi connectivity index (χ2v) is 9.59. The van der Waals surface area contributed by atoms with Gasteiger partial charge in [0.25, 0.3) is 0 Å². The van der Waals surface area contributed by atoms with Crippen LogP contribution in [0.1, 0.15) is 25.7 Å². The number of aromatic nitrogens is 3. The van der Waals surface area contributed by atoms with Crippen LogP contribution in [-0.4, -0.2) is 71.3 Å². The maximum absolute atomic E-state index is 5.88. The maximum atomic E-state index is 5.88. The Labute approximate surface area is 186 Å². The van der Waals surface area contributed by atoms with Gasteiger partial charge < -0.3 is 14.4 Å². The molecule has 3 aliphatic heterocycles. The summed E-state index contributed by atoms with van der Waals surface area (Å²) in [7, 11) is 0. The lowest BCUT2D eigenvalue weighted by atomic mass is 9.97. The number of benzene rings is 1. The van der Waals surface area contributed by atoms with Gasteiger partial charge in [0.1, 0.15) is 0 Å². The first-order valence-electron chi connectivity index (χ1n) is 11.2. The third-order valence-corrected chi connectivity index (χ3v) is 7.92. The van der Waals surface area contributed by atoms with E-state index in [0.717, 1.165) is 78.8 Å². The van der Waals surface area contributed by atoms with E-state index < -0.39 is 0 Å². The number of rotatable bonds is 3. The first-order chi connectivity index (χ1) is 15.3. The van der Waals surface area contributed by atoms with Gasteiger partial charge in [-0.2, -0.15) is 0 Å². The maximum Gasteiger partial charge on any atom is 0.208 e. The molecule has 3 aromatic rings. The minimum atomic E-state index is -0.281. The van der Waals surface area contributed by atoms with Gasteiger partial charge in [-0.1, -0.05) is 29.5 Å². The lowest BCUT2D eigenvalue weighted by Crippen LogP contribution is -2.52. The number of ether oxygens (including phenoxy) is 2. The number of fused-ring (bicyclic) bond motifs is 1. The Morgan fingerprint density at radius 3 is 2.52 bits per heavy atom. The van der Waals surface area contributed by atoms with Gasteiger partial charge in [-0.05, 0) is 25.0 Å². The van der Waals surface area contributed by atoms with E-state index in [9.17, 15) is 0 Å². The molecule has 0 aliphatic carbocycles. The van der Waals surface area contributed by atoms with Crippen molar-refractivity contribution < 1.29 is 9.47 Å². The number of para-hydroxylation sites is 1. The van der Waals surface area contributed by atoms with Gasteiger partial charge in [-0.25, -0.2) is 0 Å². The first kappa shape index (κ1) is 19.5. The van der Waals surface area contributed by atoms with Crippen molar-refractivity contribution in [1.29, 1.82) is 0 Å². The topological polar surface area (TPSA) is 63.6 Å². The van der Waals surface area contributed by atoms with Crippen molar-refractivity contribution in [1.82, 2.24) is 20.1 Å². The van der Waals surface area contributed by atoms with Gasteiger partial charge in [-0.15, -0.1) is 10.2 Å². The van der Waals surface area contributed by atoms with Crippen LogP contribution in [0.5, 0.6) is 0 Å². The molecule has 7 nitrogen and oxygen atoms in total. The van der Waals surface area contributed by atoms with E-state index in [1.54, 1.807) is 11.3 Å². The Balaban J connectivity index is 1.10. The Morgan fingerprint density at radius 2 is 1.71 bits per heavy atom. The van der Waals surface area contributed by atoms with Crippen molar-refractivity contribution in [2.45, 2.75) is 37.5 Å². The summed E-state index contributed by atoms with van der Waals surface area (Å²) in [5, 5.41) is 12.1. The highest BCUT2D eigenvalue weighted by molar-refractivity contribution is 7.18. The molecule has 1 spiro atoms. The van der Waals surface area contributed by atoms with Crippen molar-refractivity contribution in [3.63, 3.8) is 0 Å². The molecule has 0 amide bonds. The van der Waals surface area contributed by atoms with E-state index in [2.05, 4.69) is 49.2 Å². The monoisotopic (exact) mass is 437 g/mol. The fraction of sp³-hybridized carbons (Fsp3) is 0.522. The van der Waals surface area contributed by atoms with Crippen molar-refractivity contribution in [2.24, 2.45) is 0 Å². The largest absolute Gasteiger partial charge is 0.347 e. The second-order valence-electron chi connectivity index (χ2n) is 8.63. The van der Waals surface area contributed by atoms with Crippen molar-refractivity contribution in [3.05, 3.63) is 36.5 Å². The molecule has 0 bridgehead atoms. The lowest BCUT2D eigenvalue weighted by molar-refractivity contribution is -0.188. The zero-order chi connectivity index (χ0) is 20.7. The summed E-state index contributed by atoms with van der Waals surface area (Å²) in [5.41, 5.74) is 2.06. The van der Waals surface area contributed by atoms with Crippen LogP contribution in [0.2, 0.25) is 0 Å². The third kappa shape index (κ3) is 3.71. The molecule has 1 aromatic carbocycles. The minimum absolute atomic E-state index is 0.281. The number of nitrogens with zero attached hydrogens (tertiary/aromatic N) is 5. The Morgan fingerprint density at radius 1 is 0.935 bits per heavy atom. The van der Waals surface area contributed by atoms with Crippen LogP contribution in [0.3, 0.4) is 0 Å². The Hall–Kier alpha value is -2.13. The van der Waals surface area contributed by atoms with E-state index in [1.165, 1.54) is 12.8 Å². The van der Waals surface area contributed by atoms with Crippen molar-refractivity contribution in [3.8, 4) is 10.6 Å². The minimum Gasteiger partial charge on any atom is -0.347 e. The molecule has 0 atom stereocenters. The summed E-state index contributed by atoms with van der Waals surface area (Å²) >= 11 is 1.67. The van der Waals surface area contributed by atoms with Crippen LogP contribution in [0, 0.1) is 0 Å². The number of piperidine rings is 2. The SMILES string of the molecule is c1cnc2c(-c3nnc(N4CCC(N5CCC6(CC5)OCCO6)CC4)s3)cccc2c1. The summed E-state index contributed by atoms with van der Waals surface area (Å²) in [4.78, 5) is 9.60. The molecule has 31 heavy (non-hydrogen) atoms. The summed E-state index contributed by atoms with van der Waals surface area (Å²) in [5.74, 6) is -0.281. The Bertz CT molecular complexity index is 1040. The normalized spacial score (nSPS) is 22.5. The fourth-order valence-electron chi connectivity index (χ4n) is 5.17. The van der Waals surface area contributed by atoms with Gasteiger partial charge >= 0.3 is 0 Å². The quantitative estimate of drug-likeness (QED) is 0.621. The fourth-order valence-corrected chi connectivity index (χ4v) is 6.09. The molecule has 5 heterocycles. The molecule has 162 valence electrons. The van der Waals surface area contributed by atoms with Gasteiger partial charge in [-0.3, -0.25) is 9.88 Å². The summed E-state index contributed by atoms with van der Waals surface area (Å²) in [6, 6.07) is 10.9. The van der Waals surface area contributed by atoms with Crippen LogP contribution in [-0.2, 0) is 9.47 Å². The molecular formula is C23H27N5O2S. The van der Waals surface area contributed by atoms with E-state index in [4.69, 9.17) is 9.47 Å². The number of likely N-dealkylation sites (tertiary alicyclic amines) is 1. The first-order valence-corrected chi connectivity index (χ1v) is 12.1. The summed E-state index contributed by atoms with van der Waals surface area (Å²) in [6.07, 6.45) is 6.16. The van der Waals surface area contributed by atoms with Crippen LogP contribution in [0.4, 0.5) is 5.13 Å². The van der Waals surface area contributed by atoms with Gasteiger partial charge in [0.05, 0.1) is 18.7 Å². The third-order valence-electron chi connectivity index (χ3n) is 6.90. The molecule has 0 unspecified atom stereocenters. The molecule has 8 heteroatoms. The van der Waals surface area contributed by atoms with Crippen molar-refractivity contribution >= 4 is 27.4 Å². The summed E-state index contributed by atoms with van der Waals surface area (Å²) < 4.78 is 11.8. The number of anilines is 1. The Kier molecular flexibility index (Phi) is 5.10. The van der Waals surface area contributed by atoms with Crippen molar-refractivity contribution in [2.75, 3.05) is 44.3 Å². The van der Waals surface area contributed by atoms with Crippen LogP contribution in [0.15, 0.2) is 36.5 Å². The molecule has 0 saturated carbocycles. The molecule has 6 rings (SSSR count). The van der Waals surface area contributed by atoms with E-state index in [-0.39, 0.29) is 5.79 Å². The molecular weight excluding hydrogens is 410 g/mol. The molecule has 3 saturated heterocycles. The highest BCUT2D eigenvalue weighted by atomic mass is 32.1. The van der Waals surface area contributed by atoms with Crippen LogP contribution >= 0.6 is 11.3 Å². The average Bonchev–Trinajstić information content (AvgIpc) is 3.50. The van der Waals surface area contributed by atoms with E-state index in [1.807, 2.05) is 12.3 Å². The lowest BCUT2D eigenvalue weighted by Gasteiger charge is -2.44. The highest BCUT2D eigenvalue weighted by Crippen LogP contribution is 2.36. The smallest absolute Gasteiger partial charge is 0.208 e. The van der Waals surface area contributed by atoms with E-state index in [0.29, 0.717) is 6.04 Å². The van der Waals surface area contributed by atoms with Gasteiger partial charge in [0.2, 0.25) is 5.13 Å². The van der Waals surface area contributed by atoms with Gasteiger partial charge in [0.15, 0.2) is 10.8 Å². The molecule has 3 fully saturated rings. The molecule has 2 aromatic heterocycles. The molecule has 0 N–H and O–H groups in total. The zero-order valence-electron chi connectivity index (χ0n) is 17.6. The standard InChI is InChI=1S/C23H27N5O2S/c1-3-17-4-2-10-24-20(17)19(5-1)21-25-26-22(31-21)28-11-6-18(7-12-28)27-13-8-23(9-14-27)29-15-16-30-23/h1-5,10,18H,6-9,11-16H2. The van der Waals surface area contributed by atoms with Crippen LogP contribution in [0.25, 0.3) is 21.5 Å². The van der Waals surface area contributed by atoms with Crippen LogP contribution < -0.4 is 4.90 Å². The zero-order valence-corrected chi connectivity index (χ0v) is 18.4. The number of hydrogen-bond donors (Lipinski definition) is 0. The average molecular weight is 438 g/mol. The molecule has 3 aliphatic rings. The number of hydrogen-bond acceptors (Lipinski definition) is 8. The highest BCUT2D eigenvalue weighted by Gasteiger charge is 2.41. The number of pyridine rings is 1. The molecule has 0 radical (unpaired) electrons. The van der Waals surface area contributed by atoms with E-state index >= 15 is 0 Å². The predicted octanol–water partition coefficient (Wildman–Crippen LogP) is 3.56. The summed E-state index contributed by atoms with van der Waals surface area (Å²) in [6.45, 7) is 5.70. The second kappa shape index (κ2) is 8.09. The van der Waals surface area contributed by atoms with Gasteiger partial charge in [0, 0.05) is 62.2 Å².